The quantitative estimate of drug-likeness (QED) is 0.769. The first-order chi connectivity index (χ1) is 8.09. The molecule has 94 valence electrons. The van der Waals surface area contributed by atoms with Crippen LogP contribution in [0.4, 0.5) is 4.79 Å². The van der Waals surface area contributed by atoms with Crippen LogP contribution in [0.5, 0.6) is 5.75 Å². The van der Waals surface area contributed by atoms with Gasteiger partial charge < -0.3 is 9.64 Å². The molecule has 3 nitrogen and oxygen atoms in total. The van der Waals surface area contributed by atoms with Crippen molar-refractivity contribution in [1.82, 2.24) is 4.90 Å². The molecule has 0 saturated carbocycles. The summed E-state index contributed by atoms with van der Waals surface area (Å²) >= 11 is 7.07. The van der Waals surface area contributed by atoms with E-state index in [4.69, 9.17) is 16.3 Å². The van der Waals surface area contributed by atoms with Gasteiger partial charge in [-0.05, 0) is 30.7 Å². The first-order valence-corrected chi connectivity index (χ1v) is 6.68. The summed E-state index contributed by atoms with van der Waals surface area (Å²) in [4.78, 5) is 12.8. The van der Waals surface area contributed by atoms with Crippen molar-refractivity contribution in [3.63, 3.8) is 0 Å². The Labute approximate surface area is 111 Å². The van der Waals surface area contributed by atoms with Crippen molar-refractivity contribution in [2.24, 2.45) is 0 Å². The SMILES string of the molecule is CN(C)C(=O)SCCCOc1ccc(Cl)cc1. The highest BCUT2D eigenvalue weighted by Gasteiger charge is 2.03. The highest BCUT2D eigenvalue weighted by Crippen LogP contribution is 2.16. The summed E-state index contributed by atoms with van der Waals surface area (Å²) in [6.07, 6.45) is 0.840. The summed E-state index contributed by atoms with van der Waals surface area (Å²) < 4.78 is 5.51. The molecule has 1 rings (SSSR count). The maximum Gasteiger partial charge on any atom is 0.281 e. The molecule has 1 amide bonds. The highest BCUT2D eigenvalue weighted by molar-refractivity contribution is 8.13. The molecule has 0 unspecified atom stereocenters. The van der Waals surface area contributed by atoms with E-state index in [1.807, 2.05) is 12.1 Å². The fourth-order valence-electron chi connectivity index (χ4n) is 1.07. The molecule has 0 atom stereocenters. The van der Waals surface area contributed by atoms with Crippen LogP contribution in [-0.4, -0.2) is 36.6 Å². The molecule has 0 aliphatic rings. The average molecular weight is 274 g/mol. The van der Waals surface area contributed by atoms with Gasteiger partial charge in [-0.25, -0.2) is 0 Å². The smallest absolute Gasteiger partial charge is 0.281 e. The van der Waals surface area contributed by atoms with Gasteiger partial charge in [0.25, 0.3) is 5.24 Å². The zero-order valence-corrected chi connectivity index (χ0v) is 11.6. The van der Waals surface area contributed by atoms with Crippen molar-refractivity contribution in [3.8, 4) is 5.75 Å². The van der Waals surface area contributed by atoms with Gasteiger partial charge in [0, 0.05) is 24.9 Å². The van der Waals surface area contributed by atoms with Crippen molar-refractivity contribution < 1.29 is 9.53 Å². The van der Waals surface area contributed by atoms with Crippen LogP contribution in [0.1, 0.15) is 6.42 Å². The van der Waals surface area contributed by atoms with Crippen molar-refractivity contribution in [3.05, 3.63) is 29.3 Å². The van der Waals surface area contributed by atoms with Crippen LogP contribution >= 0.6 is 23.4 Å². The fourth-order valence-corrected chi connectivity index (χ4v) is 1.89. The molecule has 1 aromatic rings. The van der Waals surface area contributed by atoms with E-state index < -0.39 is 0 Å². The molecule has 0 aliphatic carbocycles. The number of ether oxygens (including phenoxy) is 1. The molecule has 0 aliphatic heterocycles. The van der Waals surface area contributed by atoms with E-state index in [-0.39, 0.29) is 5.24 Å². The minimum Gasteiger partial charge on any atom is -0.494 e. The Bertz CT molecular complexity index is 354. The lowest BCUT2D eigenvalue weighted by molar-refractivity contribution is 0.241. The molecule has 0 fully saturated rings. The van der Waals surface area contributed by atoms with Gasteiger partial charge >= 0.3 is 0 Å². The predicted molar refractivity (Wildman–Crippen MR) is 73.1 cm³/mol. The first-order valence-electron chi connectivity index (χ1n) is 5.32. The number of carbonyl (C=O) groups is 1. The molecule has 0 bridgehead atoms. The van der Waals surface area contributed by atoms with Gasteiger partial charge in [0.15, 0.2) is 0 Å². The molecular formula is C12H16ClNO2S. The van der Waals surface area contributed by atoms with Crippen LogP contribution in [0.2, 0.25) is 5.02 Å². The second kappa shape index (κ2) is 7.45. The molecule has 0 radical (unpaired) electrons. The molecule has 5 heteroatoms. The summed E-state index contributed by atoms with van der Waals surface area (Å²) in [6, 6.07) is 7.25. The van der Waals surface area contributed by atoms with Crippen LogP contribution in [0.15, 0.2) is 24.3 Å². The Kier molecular flexibility index (Phi) is 6.22. The number of nitrogens with zero attached hydrogens (tertiary/aromatic N) is 1. The average Bonchev–Trinajstić information content (AvgIpc) is 2.30. The number of thioether (sulfide) groups is 1. The maximum absolute atomic E-state index is 11.2. The van der Waals surface area contributed by atoms with Gasteiger partial charge in [-0.3, -0.25) is 4.79 Å². The van der Waals surface area contributed by atoms with Crippen molar-refractivity contribution >= 4 is 28.6 Å². The summed E-state index contributed by atoms with van der Waals surface area (Å²) in [7, 11) is 3.50. The zero-order valence-electron chi connectivity index (χ0n) is 9.98. The van der Waals surface area contributed by atoms with Crippen LogP contribution in [0, 0.1) is 0 Å². The van der Waals surface area contributed by atoms with Crippen molar-refractivity contribution in [2.45, 2.75) is 6.42 Å². The van der Waals surface area contributed by atoms with E-state index in [0.717, 1.165) is 17.9 Å². The molecule has 0 saturated heterocycles. The van der Waals surface area contributed by atoms with Crippen LogP contribution in [0.3, 0.4) is 0 Å². The number of hydrogen-bond donors (Lipinski definition) is 0. The fraction of sp³-hybridized carbons (Fsp3) is 0.417. The van der Waals surface area contributed by atoms with Crippen LogP contribution in [0.25, 0.3) is 0 Å². The largest absolute Gasteiger partial charge is 0.494 e. The monoisotopic (exact) mass is 273 g/mol. The lowest BCUT2D eigenvalue weighted by Gasteiger charge is -2.09. The summed E-state index contributed by atoms with van der Waals surface area (Å²) in [5.41, 5.74) is 0. The topological polar surface area (TPSA) is 29.5 Å². The Balaban J connectivity index is 2.12. The standard InChI is InChI=1S/C12H16ClNO2S/c1-14(2)12(15)17-9-3-8-16-11-6-4-10(13)5-7-11/h4-7H,3,8-9H2,1-2H3. The van der Waals surface area contributed by atoms with E-state index in [1.54, 1.807) is 31.1 Å². The van der Waals surface area contributed by atoms with Gasteiger partial charge in [-0.2, -0.15) is 0 Å². The zero-order chi connectivity index (χ0) is 12.7. The van der Waals surface area contributed by atoms with Crippen molar-refractivity contribution in [1.29, 1.82) is 0 Å². The molecule has 0 spiro atoms. The third kappa shape index (κ3) is 5.84. The number of hydrogen-bond acceptors (Lipinski definition) is 3. The highest BCUT2D eigenvalue weighted by atomic mass is 35.5. The van der Waals surface area contributed by atoms with Gasteiger partial charge in [0.05, 0.1) is 6.61 Å². The van der Waals surface area contributed by atoms with E-state index in [0.29, 0.717) is 11.6 Å². The van der Waals surface area contributed by atoms with Gasteiger partial charge in [-0.15, -0.1) is 0 Å². The summed E-state index contributed by atoms with van der Waals surface area (Å²) in [5.74, 6) is 1.57. The Morgan fingerprint density at radius 1 is 1.35 bits per heavy atom. The lowest BCUT2D eigenvalue weighted by Crippen LogP contribution is -2.17. The second-order valence-electron chi connectivity index (χ2n) is 3.66. The third-order valence-electron chi connectivity index (χ3n) is 1.96. The molecule has 0 heterocycles. The number of amides is 1. The minimum atomic E-state index is 0.0801. The van der Waals surface area contributed by atoms with Crippen LogP contribution < -0.4 is 4.74 Å². The lowest BCUT2D eigenvalue weighted by atomic mass is 10.3. The minimum absolute atomic E-state index is 0.0801. The number of benzene rings is 1. The van der Waals surface area contributed by atoms with Crippen LogP contribution in [-0.2, 0) is 0 Å². The first kappa shape index (κ1) is 14.2. The second-order valence-corrected chi connectivity index (χ2v) is 5.15. The molecule has 0 N–H and O–H groups in total. The maximum atomic E-state index is 11.2. The van der Waals surface area contributed by atoms with E-state index in [9.17, 15) is 4.79 Å². The van der Waals surface area contributed by atoms with E-state index >= 15 is 0 Å². The summed E-state index contributed by atoms with van der Waals surface area (Å²) in [6.45, 7) is 0.606. The third-order valence-corrected chi connectivity index (χ3v) is 3.32. The Hall–Kier alpha value is -0.870. The Morgan fingerprint density at radius 2 is 2.00 bits per heavy atom. The number of halogens is 1. The van der Waals surface area contributed by atoms with Gasteiger partial charge in [0.1, 0.15) is 5.75 Å². The normalized spacial score (nSPS) is 10.1. The summed E-state index contributed by atoms with van der Waals surface area (Å²) in [5, 5.41) is 0.779. The van der Waals surface area contributed by atoms with E-state index in [1.165, 1.54) is 11.8 Å². The van der Waals surface area contributed by atoms with Crippen molar-refractivity contribution in [2.75, 3.05) is 26.5 Å². The predicted octanol–water partition coefficient (Wildman–Crippen LogP) is 3.52. The molecule has 0 aromatic heterocycles. The Morgan fingerprint density at radius 3 is 2.59 bits per heavy atom. The van der Waals surface area contributed by atoms with E-state index in [2.05, 4.69) is 0 Å². The molecular weight excluding hydrogens is 258 g/mol. The van der Waals surface area contributed by atoms with Gasteiger partial charge in [-0.1, -0.05) is 23.4 Å². The number of carbonyl (C=O) groups excluding carboxylic acids is 1. The molecule has 17 heavy (non-hydrogen) atoms. The molecule has 1 aromatic carbocycles. The van der Waals surface area contributed by atoms with Gasteiger partial charge in [0.2, 0.25) is 0 Å². The number of rotatable bonds is 5.